The van der Waals surface area contributed by atoms with Crippen LogP contribution in [0.1, 0.15) is 66.7 Å². The van der Waals surface area contributed by atoms with Crippen LogP contribution in [0.25, 0.3) is 0 Å². The highest BCUT2D eigenvalue weighted by Crippen LogP contribution is 2.80. The Balaban J connectivity index is 1.87. The molecule has 0 aromatic carbocycles. The van der Waals surface area contributed by atoms with Crippen LogP contribution in [0.4, 0.5) is 0 Å². The van der Waals surface area contributed by atoms with E-state index in [-0.39, 0.29) is 33.7 Å². The normalized spacial score (nSPS) is 63.7. The predicted molar refractivity (Wildman–Crippen MR) is 89.7 cm³/mol. The van der Waals surface area contributed by atoms with Crippen LogP contribution in [0.5, 0.6) is 0 Å². The first-order valence-electron chi connectivity index (χ1n) is 9.55. The third-order valence-corrected chi connectivity index (χ3v) is 9.46. The molecule has 4 saturated carbocycles. The van der Waals surface area contributed by atoms with E-state index in [9.17, 15) is 15.3 Å². The van der Waals surface area contributed by atoms with E-state index in [4.69, 9.17) is 0 Å². The van der Waals surface area contributed by atoms with E-state index in [1.807, 2.05) is 0 Å². The Morgan fingerprint density at radius 1 is 0.957 bits per heavy atom. The highest BCUT2D eigenvalue weighted by Gasteiger charge is 2.77. The molecule has 0 unspecified atom stereocenters. The summed E-state index contributed by atoms with van der Waals surface area (Å²) < 4.78 is 0. The topological polar surface area (TPSA) is 60.7 Å². The Morgan fingerprint density at radius 2 is 1.61 bits per heavy atom. The van der Waals surface area contributed by atoms with E-state index in [1.165, 1.54) is 0 Å². The zero-order chi connectivity index (χ0) is 17.0. The minimum Gasteiger partial charge on any atom is -0.393 e. The average Bonchev–Trinajstić information content (AvgIpc) is 2.93. The second-order valence-corrected chi connectivity index (χ2v) is 10.6. The molecular weight excluding hydrogens is 288 g/mol. The van der Waals surface area contributed by atoms with Gasteiger partial charge in [-0.1, -0.05) is 34.6 Å². The Labute approximate surface area is 140 Å². The first kappa shape index (κ1) is 16.4. The Morgan fingerprint density at radius 3 is 2.26 bits per heavy atom. The van der Waals surface area contributed by atoms with Crippen molar-refractivity contribution >= 4 is 0 Å². The quantitative estimate of drug-likeness (QED) is 0.642. The molecule has 9 atom stereocenters. The summed E-state index contributed by atoms with van der Waals surface area (Å²) in [6.45, 7) is 11.4. The second-order valence-electron chi connectivity index (χ2n) is 10.6. The molecule has 3 heteroatoms. The highest BCUT2D eigenvalue weighted by molar-refractivity contribution is 5.25. The van der Waals surface area contributed by atoms with Gasteiger partial charge in [-0.15, -0.1) is 0 Å². The van der Waals surface area contributed by atoms with Crippen LogP contribution in [0.2, 0.25) is 0 Å². The molecule has 0 heterocycles. The van der Waals surface area contributed by atoms with Gasteiger partial charge in [-0.05, 0) is 65.1 Å². The van der Waals surface area contributed by atoms with Gasteiger partial charge in [0.25, 0.3) is 0 Å². The largest absolute Gasteiger partial charge is 0.393 e. The third kappa shape index (κ3) is 1.58. The SMILES string of the molecule is C[C@H]1[C@H](O)C[C@@H](O)[C@]2(C)CC[C@H]3[C@@H]4C(C)(C)[C@@H](O)C[C@]4(C)C[C@]132. The number of aliphatic hydroxyl groups is 3. The molecule has 0 aliphatic heterocycles. The molecule has 132 valence electrons. The Bertz CT molecular complexity index is 531. The summed E-state index contributed by atoms with van der Waals surface area (Å²) in [5, 5.41) is 32.2. The van der Waals surface area contributed by atoms with Gasteiger partial charge in [0.15, 0.2) is 0 Å². The Kier molecular flexibility index (Phi) is 3.09. The molecular formula is C20H34O3. The predicted octanol–water partition coefficient (Wildman–Crippen LogP) is 2.97. The van der Waals surface area contributed by atoms with E-state index in [0.717, 1.165) is 25.7 Å². The van der Waals surface area contributed by atoms with E-state index in [0.29, 0.717) is 18.3 Å². The molecule has 3 N–H and O–H groups in total. The smallest absolute Gasteiger partial charge is 0.0624 e. The fraction of sp³-hybridized carbons (Fsp3) is 1.00. The molecule has 4 fully saturated rings. The minimum absolute atomic E-state index is 0.0287. The monoisotopic (exact) mass is 322 g/mol. The maximum Gasteiger partial charge on any atom is 0.0624 e. The van der Waals surface area contributed by atoms with Gasteiger partial charge in [0.2, 0.25) is 0 Å². The molecule has 0 bridgehead atoms. The summed E-state index contributed by atoms with van der Waals surface area (Å²) in [7, 11) is 0. The van der Waals surface area contributed by atoms with Crippen molar-refractivity contribution in [1.29, 1.82) is 0 Å². The minimum atomic E-state index is -0.394. The lowest BCUT2D eigenvalue weighted by atomic mass is 9.49. The molecule has 23 heavy (non-hydrogen) atoms. The average molecular weight is 322 g/mol. The zero-order valence-corrected chi connectivity index (χ0v) is 15.3. The highest BCUT2D eigenvalue weighted by atomic mass is 16.3. The molecule has 0 radical (unpaired) electrons. The second kappa shape index (κ2) is 4.34. The summed E-state index contributed by atoms with van der Waals surface area (Å²) in [4.78, 5) is 0. The molecule has 4 rings (SSSR count). The first-order chi connectivity index (χ1) is 10.5. The van der Waals surface area contributed by atoms with E-state index in [1.54, 1.807) is 0 Å². The summed E-state index contributed by atoms with van der Waals surface area (Å²) in [5.41, 5.74) is 0.0210. The van der Waals surface area contributed by atoms with Gasteiger partial charge in [-0.3, -0.25) is 0 Å². The van der Waals surface area contributed by atoms with Crippen molar-refractivity contribution in [1.82, 2.24) is 0 Å². The van der Waals surface area contributed by atoms with Gasteiger partial charge in [0, 0.05) is 6.42 Å². The van der Waals surface area contributed by atoms with Crippen LogP contribution in [0, 0.1) is 39.4 Å². The van der Waals surface area contributed by atoms with Gasteiger partial charge in [0.05, 0.1) is 18.3 Å². The maximum absolute atomic E-state index is 10.9. The fourth-order valence-corrected chi connectivity index (χ4v) is 8.49. The van der Waals surface area contributed by atoms with Gasteiger partial charge in [-0.25, -0.2) is 0 Å². The first-order valence-corrected chi connectivity index (χ1v) is 9.55. The van der Waals surface area contributed by atoms with Crippen molar-refractivity contribution in [2.45, 2.75) is 85.0 Å². The molecule has 0 saturated heterocycles. The van der Waals surface area contributed by atoms with E-state index < -0.39 is 12.2 Å². The Hall–Kier alpha value is -0.120. The summed E-state index contributed by atoms with van der Waals surface area (Å²) in [6, 6.07) is 0. The van der Waals surface area contributed by atoms with Crippen LogP contribution in [0.3, 0.4) is 0 Å². The standard InChI is InChI=1S/C20H34O3/c1-11-13(21)8-14(22)19(5)7-6-12-16-17(2,3)15(23)9-18(16,4)10-20(11,12)19/h11-16,21-23H,6-10H2,1-5H3/t11-,12-,13+,14+,15-,16+,18+,19-,20-/m0/s1. The van der Waals surface area contributed by atoms with Crippen LogP contribution in [-0.4, -0.2) is 33.6 Å². The van der Waals surface area contributed by atoms with Crippen molar-refractivity contribution in [2.24, 2.45) is 39.4 Å². The molecule has 0 amide bonds. The van der Waals surface area contributed by atoms with Crippen LogP contribution >= 0.6 is 0 Å². The van der Waals surface area contributed by atoms with Crippen molar-refractivity contribution in [2.75, 3.05) is 0 Å². The summed E-state index contributed by atoms with van der Waals surface area (Å²) in [5.74, 6) is 1.25. The molecule has 4 aliphatic carbocycles. The number of rotatable bonds is 0. The van der Waals surface area contributed by atoms with Gasteiger partial charge in [0.1, 0.15) is 0 Å². The summed E-state index contributed by atoms with van der Waals surface area (Å²) >= 11 is 0. The molecule has 3 nitrogen and oxygen atoms in total. The lowest BCUT2D eigenvalue weighted by Crippen LogP contribution is -2.58. The van der Waals surface area contributed by atoms with Crippen LogP contribution in [0.15, 0.2) is 0 Å². The van der Waals surface area contributed by atoms with Crippen molar-refractivity contribution < 1.29 is 15.3 Å². The van der Waals surface area contributed by atoms with Crippen LogP contribution in [-0.2, 0) is 0 Å². The molecule has 1 spiro atoms. The van der Waals surface area contributed by atoms with E-state index >= 15 is 0 Å². The van der Waals surface area contributed by atoms with Crippen molar-refractivity contribution in [3.05, 3.63) is 0 Å². The number of hydrogen-bond donors (Lipinski definition) is 3. The van der Waals surface area contributed by atoms with Gasteiger partial charge < -0.3 is 15.3 Å². The lowest BCUT2D eigenvalue weighted by molar-refractivity contribution is -0.175. The summed E-state index contributed by atoms with van der Waals surface area (Å²) in [6.07, 6.45) is 3.65. The number of aliphatic hydroxyl groups excluding tert-OH is 3. The molecule has 0 aromatic heterocycles. The van der Waals surface area contributed by atoms with Crippen molar-refractivity contribution in [3.8, 4) is 0 Å². The zero-order valence-electron chi connectivity index (χ0n) is 15.3. The van der Waals surface area contributed by atoms with Crippen LogP contribution < -0.4 is 0 Å². The van der Waals surface area contributed by atoms with Gasteiger partial charge >= 0.3 is 0 Å². The number of hydrogen-bond acceptors (Lipinski definition) is 3. The van der Waals surface area contributed by atoms with E-state index in [2.05, 4.69) is 34.6 Å². The molecule has 4 aliphatic rings. The van der Waals surface area contributed by atoms with Gasteiger partial charge in [-0.2, -0.15) is 0 Å². The maximum atomic E-state index is 10.9. The lowest BCUT2D eigenvalue weighted by Gasteiger charge is -2.57. The third-order valence-electron chi connectivity index (χ3n) is 9.46. The number of fused-ring (bicyclic) bond motifs is 2. The molecule has 0 aromatic rings. The van der Waals surface area contributed by atoms with Crippen molar-refractivity contribution in [3.63, 3.8) is 0 Å². The fourth-order valence-electron chi connectivity index (χ4n) is 8.49.